The van der Waals surface area contributed by atoms with Crippen molar-refractivity contribution in [2.24, 2.45) is 0 Å². The third kappa shape index (κ3) is 1.47. The first-order valence-corrected chi connectivity index (χ1v) is 4.73. The Kier molecular flexibility index (Phi) is 2.16. The number of aliphatic hydroxyl groups is 1. The van der Waals surface area contributed by atoms with Gasteiger partial charge in [-0.15, -0.1) is 0 Å². The fraction of sp³-hybridized carbons (Fsp3) is 0.364. The summed E-state index contributed by atoms with van der Waals surface area (Å²) >= 11 is 0. The number of aryl methyl sites for hydroxylation is 1. The van der Waals surface area contributed by atoms with Crippen molar-refractivity contribution in [2.45, 2.75) is 26.1 Å². The maximum Gasteiger partial charge on any atom is 0.199 e. The number of hydrogen-bond acceptors (Lipinski definition) is 4. The molecular weight excluding hydrogens is 196 g/mol. The molecule has 80 valence electrons. The van der Waals surface area contributed by atoms with E-state index in [4.69, 9.17) is 4.74 Å². The highest BCUT2D eigenvalue weighted by Crippen LogP contribution is 2.33. The van der Waals surface area contributed by atoms with Gasteiger partial charge in [-0.05, 0) is 25.5 Å². The molecule has 15 heavy (non-hydrogen) atoms. The molecule has 0 saturated carbocycles. The van der Waals surface area contributed by atoms with Gasteiger partial charge in [-0.1, -0.05) is 0 Å². The maximum absolute atomic E-state index is 11.7. The van der Waals surface area contributed by atoms with Crippen LogP contribution in [0.3, 0.4) is 0 Å². The zero-order valence-electron chi connectivity index (χ0n) is 8.52. The average molecular weight is 208 g/mol. The Morgan fingerprint density at radius 2 is 2.07 bits per heavy atom. The zero-order chi connectivity index (χ0) is 11.2. The van der Waals surface area contributed by atoms with E-state index in [1.54, 1.807) is 13.8 Å². The number of carbonyl (C=O) groups excluding carboxylic acids is 1. The van der Waals surface area contributed by atoms with E-state index in [0.29, 0.717) is 16.9 Å². The molecule has 0 spiro atoms. The number of ether oxygens (including phenoxy) is 1. The number of aromatic hydroxyl groups is 1. The molecule has 1 aliphatic heterocycles. The molecule has 0 aliphatic carbocycles. The van der Waals surface area contributed by atoms with Crippen molar-refractivity contribution in [1.29, 1.82) is 0 Å². The molecule has 2 atom stereocenters. The summed E-state index contributed by atoms with van der Waals surface area (Å²) in [5.41, 5.74) is 0.972. The monoisotopic (exact) mass is 208 g/mol. The van der Waals surface area contributed by atoms with Gasteiger partial charge in [0, 0.05) is 6.07 Å². The normalized spacial score (nSPS) is 24.6. The lowest BCUT2D eigenvalue weighted by molar-refractivity contribution is 0.0289. The number of phenols is 1. The van der Waals surface area contributed by atoms with Crippen molar-refractivity contribution < 1.29 is 19.7 Å². The second kappa shape index (κ2) is 3.24. The van der Waals surface area contributed by atoms with Gasteiger partial charge in [-0.25, -0.2) is 0 Å². The molecule has 0 amide bonds. The van der Waals surface area contributed by atoms with Crippen LogP contribution in [0, 0.1) is 6.92 Å². The number of benzene rings is 1. The van der Waals surface area contributed by atoms with E-state index >= 15 is 0 Å². The van der Waals surface area contributed by atoms with Crippen LogP contribution in [-0.2, 0) is 0 Å². The molecule has 2 N–H and O–H groups in total. The van der Waals surface area contributed by atoms with Crippen LogP contribution in [-0.4, -0.2) is 28.2 Å². The number of rotatable bonds is 0. The summed E-state index contributed by atoms with van der Waals surface area (Å²) in [5, 5.41) is 18.9. The van der Waals surface area contributed by atoms with Gasteiger partial charge in [0.2, 0.25) is 0 Å². The molecule has 0 saturated heterocycles. The summed E-state index contributed by atoms with van der Waals surface area (Å²) in [6.07, 6.45) is -1.70. The highest BCUT2D eigenvalue weighted by atomic mass is 16.5. The topological polar surface area (TPSA) is 66.8 Å². The minimum atomic E-state index is -1.12. The standard InChI is InChI=1S/C11H12O4/c1-5-3-7(12)4-8-9(5)11(14)10(13)6(2)15-8/h3-4,6,10,12-13H,1-2H3. The number of carbonyl (C=O) groups is 1. The number of ketones is 1. The van der Waals surface area contributed by atoms with Crippen molar-refractivity contribution in [3.8, 4) is 11.5 Å². The molecular formula is C11H12O4. The Labute approximate surface area is 87.1 Å². The number of phenolic OH excluding ortho intramolecular Hbond substituents is 1. The Hall–Kier alpha value is -1.55. The number of Topliss-reactive ketones (excluding diaryl/α,β-unsaturated/α-hetero) is 1. The minimum absolute atomic E-state index is 0.0580. The quantitative estimate of drug-likeness (QED) is 0.668. The Morgan fingerprint density at radius 3 is 2.73 bits per heavy atom. The fourth-order valence-electron chi connectivity index (χ4n) is 1.77. The van der Waals surface area contributed by atoms with Gasteiger partial charge < -0.3 is 14.9 Å². The van der Waals surface area contributed by atoms with Gasteiger partial charge in [0.25, 0.3) is 0 Å². The first kappa shape index (κ1) is 9.98. The summed E-state index contributed by atoms with van der Waals surface area (Å²) < 4.78 is 5.35. The summed E-state index contributed by atoms with van der Waals surface area (Å²) in [4.78, 5) is 11.7. The summed E-state index contributed by atoms with van der Waals surface area (Å²) in [5.74, 6) is 0.0548. The van der Waals surface area contributed by atoms with Crippen molar-refractivity contribution in [3.05, 3.63) is 23.3 Å². The van der Waals surface area contributed by atoms with Crippen molar-refractivity contribution in [2.75, 3.05) is 0 Å². The zero-order valence-corrected chi connectivity index (χ0v) is 8.52. The highest BCUT2D eigenvalue weighted by molar-refractivity contribution is 6.04. The van der Waals surface area contributed by atoms with E-state index in [2.05, 4.69) is 0 Å². The van der Waals surface area contributed by atoms with Gasteiger partial charge in [0.05, 0.1) is 5.56 Å². The van der Waals surface area contributed by atoms with Crippen LogP contribution in [0.15, 0.2) is 12.1 Å². The number of aliphatic hydroxyl groups excluding tert-OH is 1. The summed E-state index contributed by atoms with van der Waals surface area (Å²) in [6, 6.07) is 2.87. The van der Waals surface area contributed by atoms with E-state index < -0.39 is 12.2 Å². The molecule has 4 nitrogen and oxygen atoms in total. The molecule has 2 unspecified atom stereocenters. The summed E-state index contributed by atoms with van der Waals surface area (Å²) in [6.45, 7) is 3.31. The molecule has 1 aromatic carbocycles. The molecule has 2 rings (SSSR count). The molecule has 4 heteroatoms. The van der Waals surface area contributed by atoms with Crippen molar-refractivity contribution >= 4 is 5.78 Å². The molecule has 1 aromatic rings. The average Bonchev–Trinajstić information content (AvgIpc) is 2.13. The third-order valence-electron chi connectivity index (χ3n) is 2.56. The lowest BCUT2D eigenvalue weighted by Crippen LogP contribution is -2.40. The van der Waals surface area contributed by atoms with Crippen molar-refractivity contribution in [1.82, 2.24) is 0 Å². The fourth-order valence-corrected chi connectivity index (χ4v) is 1.77. The Balaban J connectivity index is 2.60. The van der Waals surface area contributed by atoms with Crippen molar-refractivity contribution in [3.63, 3.8) is 0 Å². The van der Waals surface area contributed by atoms with Crippen LogP contribution in [0.25, 0.3) is 0 Å². The Bertz CT molecular complexity index is 425. The van der Waals surface area contributed by atoms with E-state index in [-0.39, 0.29) is 11.5 Å². The maximum atomic E-state index is 11.7. The van der Waals surface area contributed by atoms with Gasteiger partial charge in [0.1, 0.15) is 17.6 Å². The molecule has 0 fully saturated rings. The van der Waals surface area contributed by atoms with E-state index in [1.165, 1.54) is 12.1 Å². The van der Waals surface area contributed by atoms with Gasteiger partial charge in [-0.2, -0.15) is 0 Å². The van der Waals surface area contributed by atoms with Crippen LogP contribution in [0.2, 0.25) is 0 Å². The van der Waals surface area contributed by atoms with Crippen LogP contribution < -0.4 is 4.74 Å². The predicted octanol–water partition coefficient (Wildman–Crippen LogP) is 1.03. The molecule has 0 radical (unpaired) electrons. The molecule has 1 heterocycles. The molecule has 1 aliphatic rings. The minimum Gasteiger partial charge on any atom is -0.508 e. The van der Waals surface area contributed by atoms with Gasteiger partial charge in [0.15, 0.2) is 11.9 Å². The lowest BCUT2D eigenvalue weighted by Gasteiger charge is -2.27. The number of hydrogen-bond donors (Lipinski definition) is 2. The van der Waals surface area contributed by atoms with Crippen LogP contribution in [0.1, 0.15) is 22.8 Å². The second-order valence-electron chi connectivity index (χ2n) is 3.77. The van der Waals surface area contributed by atoms with E-state index in [1.807, 2.05) is 0 Å². The Morgan fingerprint density at radius 1 is 1.40 bits per heavy atom. The number of fused-ring (bicyclic) bond motifs is 1. The van der Waals surface area contributed by atoms with E-state index in [0.717, 1.165) is 0 Å². The van der Waals surface area contributed by atoms with Crippen LogP contribution in [0.4, 0.5) is 0 Å². The van der Waals surface area contributed by atoms with Crippen LogP contribution >= 0.6 is 0 Å². The molecule has 0 aromatic heterocycles. The molecule has 0 bridgehead atoms. The summed E-state index contributed by atoms with van der Waals surface area (Å²) in [7, 11) is 0. The van der Waals surface area contributed by atoms with Gasteiger partial charge in [-0.3, -0.25) is 4.79 Å². The smallest absolute Gasteiger partial charge is 0.199 e. The largest absolute Gasteiger partial charge is 0.508 e. The van der Waals surface area contributed by atoms with E-state index in [9.17, 15) is 15.0 Å². The first-order chi connectivity index (χ1) is 7.00. The lowest BCUT2D eigenvalue weighted by atomic mass is 9.94. The SMILES string of the molecule is Cc1cc(O)cc2c1C(=O)C(O)C(C)O2. The first-order valence-electron chi connectivity index (χ1n) is 4.73. The highest BCUT2D eigenvalue weighted by Gasteiger charge is 2.34. The van der Waals surface area contributed by atoms with Crippen LogP contribution in [0.5, 0.6) is 11.5 Å². The third-order valence-corrected chi connectivity index (χ3v) is 2.56. The second-order valence-corrected chi connectivity index (χ2v) is 3.77. The van der Waals surface area contributed by atoms with Gasteiger partial charge >= 0.3 is 0 Å². The predicted molar refractivity (Wildman–Crippen MR) is 53.3 cm³/mol.